The highest BCUT2D eigenvalue weighted by Crippen LogP contribution is 2.24. The maximum absolute atomic E-state index is 9.85. The fourth-order valence-corrected chi connectivity index (χ4v) is 1.40. The number of hydrogen-bond donors (Lipinski definition) is 2. The lowest BCUT2D eigenvalue weighted by molar-refractivity contribution is -0.00281. The summed E-state index contributed by atoms with van der Waals surface area (Å²) in [6, 6.07) is 5.85. The monoisotopic (exact) mass is 180 g/mol. The average Bonchev–Trinajstić information content (AvgIpc) is 2.09. The number of rotatable bonds is 2. The minimum absolute atomic E-state index is 0.253. The number of hydrogen-bond acceptors (Lipinski definition) is 2. The zero-order chi connectivity index (χ0) is 10.1. The van der Waals surface area contributed by atoms with Gasteiger partial charge in [0.25, 0.3) is 0 Å². The van der Waals surface area contributed by atoms with E-state index in [2.05, 4.69) is 0 Å². The van der Waals surface area contributed by atoms with Crippen molar-refractivity contribution in [3.05, 3.63) is 34.9 Å². The van der Waals surface area contributed by atoms with Gasteiger partial charge in [-0.15, -0.1) is 0 Å². The first-order chi connectivity index (χ1) is 5.97. The molecular formula is C11H16O2. The first-order valence-corrected chi connectivity index (χ1v) is 4.38. The molecule has 72 valence electrons. The molecule has 0 radical (unpaired) electrons. The van der Waals surface area contributed by atoms with Crippen LogP contribution in [0.25, 0.3) is 0 Å². The molecule has 1 aromatic carbocycles. The van der Waals surface area contributed by atoms with Crippen LogP contribution in [0, 0.1) is 13.8 Å². The Morgan fingerprint density at radius 1 is 1.31 bits per heavy atom. The molecule has 0 saturated heterocycles. The summed E-state index contributed by atoms with van der Waals surface area (Å²) in [5.74, 6) is 0. The zero-order valence-corrected chi connectivity index (χ0v) is 8.33. The normalized spacial score (nSPS) is 15.5. The third-order valence-corrected chi connectivity index (χ3v) is 2.28. The van der Waals surface area contributed by atoms with Gasteiger partial charge >= 0.3 is 0 Å². The highest BCUT2D eigenvalue weighted by Gasteiger charge is 2.23. The molecule has 0 aliphatic heterocycles. The van der Waals surface area contributed by atoms with Gasteiger partial charge in [-0.3, -0.25) is 0 Å². The van der Waals surface area contributed by atoms with Crippen LogP contribution in [0.1, 0.15) is 23.6 Å². The molecule has 0 heterocycles. The van der Waals surface area contributed by atoms with E-state index in [1.165, 1.54) is 0 Å². The summed E-state index contributed by atoms with van der Waals surface area (Å²) < 4.78 is 0. The fraction of sp³-hybridized carbons (Fsp3) is 0.455. The van der Waals surface area contributed by atoms with Gasteiger partial charge in [0.1, 0.15) is 5.60 Å². The molecule has 2 N–H and O–H groups in total. The molecule has 0 bridgehead atoms. The second-order valence-corrected chi connectivity index (χ2v) is 3.75. The fourth-order valence-electron chi connectivity index (χ4n) is 1.40. The molecule has 2 nitrogen and oxygen atoms in total. The largest absolute Gasteiger partial charge is 0.393 e. The van der Waals surface area contributed by atoms with E-state index in [4.69, 9.17) is 5.11 Å². The predicted octanol–water partition coefficient (Wildman–Crippen LogP) is 1.50. The van der Waals surface area contributed by atoms with Crippen molar-refractivity contribution >= 4 is 0 Å². The Balaban J connectivity index is 3.20. The summed E-state index contributed by atoms with van der Waals surface area (Å²) in [5.41, 5.74) is 1.77. The van der Waals surface area contributed by atoms with Crippen molar-refractivity contribution in [1.82, 2.24) is 0 Å². The first-order valence-electron chi connectivity index (χ1n) is 4.38. The molecule has 2 heteroatoms. The Morgan fingerprint density at radius 3 is 2.46 bits per heavy atom. The highest BCUT2D eigenvalue weighted by atomic mass is 16.3. The van der Waals surface area contributed by atoms with Crippen molar-refractivity contribution in [2.75, 3.05) is 6.61 Å². The van der Waals surface area contributed by atoms with Gasteiger partial charge in [0.05, 0.1) is 6.61 Å². The van der Waals surface area contributed by atoms with Gasteiger partial charge in [-0.1, -0.05) is 23.8 Å². The quantitative estimate of drug-likeness (QED) is 0.724. The average molecular weight is 180 g/mol. The van der Waals surface area contributed by atoms with Crippen molar-refractivity contribution in [3.63, 3.8) is 0 Å². The lowest BCUT2D eigenvalue weighted by atomic mass is 9.91. The molecule has 1 atom stereocenters. The second-order valence-electron chi connectivity index (χ2n) is 3.75. The van der Waals surface area contributed by atoms with Gasteiger partial charge in [0.2, 0.25) is 0 Å². The molecule has 0 saturated carbocycles. The van der Waals surface area contributed by atoms with E-state index >= 15 is 0 Å². The summed E-state index contributed by atoms with van der Waals surface area (Å²) >= 11 is 0. The van der Waals surface area contributed by atoms with Crippen LogP contribution in [0.5, 0.6) is 0 Å². The van der Waals surface area contributed by atoms with Crippen LogP contribution in [0.15, 0.2) is 18.2 Å². The number of aliphatic hydroxyl groups is 2. The van der Waals surface area contributed by atoms with Gasteiger partial charge in [-0.2, -0.15) is 0 Å². The van der Waals surface area contributed by atoms with E-state index in [1.54, 1.807) is 6.92 Å². The summed E-state index contributed by atoms with van der Waals surface area (Å²) in [7, 11) is 0. The lowest BCUT2D eigenvalue weighted by Gasteiger charge is -2.23. The van der Waals surface area contributed by atoms with Crippen LogP contribution in [0.4, 0.5) is 0 Å². The molecule has 0 fully saturated rings. The predicted molar refractivity (Wildman–Crippen MR) is 52.6 cm³/mol. The van der Waals surface area contributed by atoms with E-state index in [9.17, 15) is 5.11 Å². The van der Waals surface area contributed by atoms with E-state index < -0.39 is 5.60 Å². The molecule has 0 spiro atoms. The van der Waals surface area contributed by atoms with Crippen LogP contribution in [0.2, 0.25) is 0 Å². The van der Waals surface area contributed by atoms with Crippen LogP contribution in [-0.4, -0.2) is 16.8 Å². The van der Waals surface area contributed by atoms with Crippen molar-refractivity contribution < 1.29 is 10.2 Å². The van der Waals surface area contributed by atoms with E-state index in [1.807, 2.05) is 32.0 Å². The minimum atomic E-state index is -1.13. The van der Waals surface area contributed by atoms with Crippen molar-refractivity contribution in [3.8, 4) is 0 Å². The molecule has 0 aliphatic carbocycles. The SMILES string of the molecule is Cc1ccc(C)c(C(C)(O)CO)c1. The molecular weight excluding hydrogens is 164 g/mol. The van der Waals surface area contributed by atoms with Gasteiger partial charge in [0.15, 0.2) is 0 Å². The van der Waals surface area contributed by atoms with E-state index in [0.29, 0.717) is 0 Å². The number of aliphatic hydroxyl groups excluding tert-OH is 1. The van der Waals surface area contributed by atoms with Gasteiger partial charge in [0, 0.05) is 0 Å². The maximum atomic E-state index is 9.85. The molecule has 0 amide bonds. The number of aryl methyl sites for hydroxylation is 2. The molecule has 1 aromatic rings. The van der Waals surface area contributed by atoms with Crippen molar-refractivity contribution in [1.29, 1.82) is 0 Å². The van der Waals surface area contributed by atoms with Crippen LogP contribution in [0.3, 0.4) is 0 Å². The Kier molecular flexibility index (Phi) is 2.74. The van der Waals surface area contributed by atoms with Crippen molar-refractivity contribution in [2.45, 2.75) is 26.4 Å². The second kappa shape index (κ2) is 3.48. The summed E-state index contributed by atoms with van der Waals surface area (Å²) in [5, 5.41) is 18.9. The van der Waals surface area contributed by atoms with E-state index in [-0.39, 0.29) is 6.61 Å². The zero-order valence-electron chi connectivity index (χ0n) is 8.33. The Hall–Kier alpha value is -0.860. The third-order valence-electron chi connectivity index (χ3n) is 2.28. The Labute approximate surface area is 78.8 Å². The molecule has 13 heavy (non-hydrogen) atoms. The van der Waals surface area contributed by atoms with Gasteiger partial charge in [-0.25, -0.2) is 0 Å². The van der Waals surface area contributed by atoms with E-state index in [0.717, 1.165) is 16.7 Å². The molecule has 0 aromatic heterocycles. The smallest absolute Gasteiger partial charge is 0.110 e. The Bertz CT molecular complexity index is 303. The summed E-state index contributed by atoms with van der Waals surface area (Å²) in [6.45, 7) is 5.27. The summed E-state index contributed by atoms with van der Waals surface area (Å²) in [6.07, 6.45) is 0. The van der Waals surface area contributed by atoms with Crippen LogP contribution in [-0.2, 0) is 5.60 Å². The standard InChI is InChI=1S/C11H16O2/c1-8-4-5-9(2)10(6-8)11(3,13)7-12/h4-6,12-13H,7H2,1-3H3. The van der Waals surface area contributed by atoms with Crippen LogP contribution < -0.4 is 0 Å². The van der Waals surface area contributed by atoms with Crippen molar-refractivity contribution in [2.24, 2.45) is 0 Å². The minimum Gasteiger partial charge on any atom is -0.393 e. The van der Waals surface area contributed by atoms with Gasteiger partial charge in [-0.05, 0) is 31.9 Å². The third kappa shape index (κ3) is 2.08. The molecule has 0 aliphatic rings. The highest BCUT2D eigenvalue weighted by molar-refractivity contribution is 5.34. The molecule has 1 unspecified atom stereocenters. The lowest BCUT2D eigenvalue weighted by Crippen LogP contribution is -2.26. The summed E-state index contributed by atoms with van der Waals surface area (Å²) in [4.78, 5) is 0. The Morgan fingerprint density at radius 2 is 1.92 bits per heavy atom. The topological polar surface area (TPSA) is 40.5 Å². The van der Waals surface area contributed by atoms with Crippen LogP contribution >= 0.6 is 0 Å². The van der Waals surface area contributed by atoms with Gasteiger partial charge < -0.3 is 10.2 Å². The first kappa shape index (κ1) is 10.2. The molecule has 1 rings (SSSR count). The maximum Gasteiger partial charge on any atom is 0.110 e. The number of benzene rings is 1.